The predicted octanol–water partition coefficient (Wildman–Crippen LogP) is 3.19. The molecule has 0 saturated heterocycles. The number of benzene rings is 1. The number of H-pyrrole nitrogens is 1. The molecule has 0 saturated carbocycles. The number of hydrogen-bond acceptors (Lipinski definition) is 4. The Bertz CT molecular complexity index is 723. The van der Waals surface area contributed by atoms with Crippen LogP contribution in [0.2, 0.25) is 0 Å². The molecule has 2 rings (SSSR count). The van der Waals surface area contributed by atoms with Crippen molar-refractivity contribution in [2.24, 2.45) is 0 Å². The molecule has 0 aliphatic rings. The fourth-order valence-corrected chi connectivity index (χ4v) is 1.99. The van der Waals surface area contributed by atoms with Gasteiger partial charge in [0.05, 0.1) is 12.1 Å². The Labute approximate surface area is 128 Å². The third-order valence-electron chi connectivity index (χ3n) is 2.69. The second-order valence-corrected chi connectivity index (χ2v) is 5.10. The predicted molar refractivity (Wildman–Crippen MR) is 75.2 cm³/mol. The number of oxazole rings is 1. The fraction of sp³-hybridized carbons (Fsp3) is 0.385. The number of fused-ring (bicyclic) bond motifs is 1. The first kappa shape index (κ1) is 16.5. The molecule has 120 valence electrons. The lowest BCUT2D eigenvalue weighted by Crippen LogP contribution is -2.36. The number of nitrogens with one attached hydrogen (secondary N) is 2. The first-order valence-electron chi connectivity index (χ1n) is 6.33. The summed E-state index contributed by atoms with van der Waals surface area (Å²) >= 11 is 4.84. The molecule has 1 heterocycles. The van der Waals surface area contributed by atoms with Crippen LogP contribution in [0, 0.1) is 4.84 Å². The summed E-state index contributed by atoms with van der Waals surface area (Å²) in [6.07, 6.45) is -4.38. The van der Waals surface area contributed by atoms with Crippen molar-refractivity contribution in [1.82, 2.24) is 10.3 Å². The number of halogens is 3. The van der Waals surface area contributed by atoms with Gasteiger partial charge in [0.1, 0.15) is 6.61 Å². The summed E-state index contributed by atoms with van der Waals surface area (Å²) < 4.78 is 45.5. The molecule has 1 aromatic heterocycles. The van der Waals surface area contributed by atoms with E-state index in [0.717, 1.165) is 0 Å². The molecule has 0 fully saturated rings. The molecule has 1 atom stereocenters. The van der Waals surface area contributed by atoms with E-state index in [9.17, 15) is 18.0 Å². The number of hydrogen-bond donors (Lipinski definition) is 2. The summed E-state index contributed by atoms with van der Waals surface area (Å²) in [5.74, 6) is -0.438. The van der Waals surface area contributed by atoms with E-state index in [-0.39, 0.29) is 11.4 Å². The molecule has 2 N–H and O–H groups in total. The Balaban J connectivity index is 1.93. The standard InChI is InChI=1S/C13H13F3N2O3S/c1-7(5-20-6-13(14,15)16)17-11(19)8-2-3-9-10(4-8)21-12(22)18-9/h2-4,7H,5-6H2,1H3,(H,17,19)(H,18,22). The molecule has 1 amide bonds. The number of aromatic amines is 1. The van der Waals surface area contributed by atoms with Crippen molar-refractivity contribution >= 4 is 29.2 Å². The van der Waals surface area contributed by atoms with Gasteiger partial charge in [-0.15, -0.1) is 0 Å². The molecule has 0 bridgehead atoms. The molecule has 2 aromatic rings. The fourth-order valence-electron chi connectivity index (χ4n) is 1.79. The summed E-state index contributed by atoms with van der Waals surface area (Å²) in [4.78, 5) is 15.0. The van der Waals surface area contributed by atoms with Crippen LogP contribution >= 0.6 is 12.2 Å². The Hall–Kier alpha value is -1.87. The third kappa shape index (κ3) is 4.57. The molecule has 0 aliphatic heterocycles. The van der Waals surface area contributed by atoms with E-state index >= 15 is 0 Å². The lowest BCUT2D eigenvalue weighted by atomic mass is 10.2. The van der Waals surface area contributed by atoms with Crippen LogP contribution in [0.5, 0.6) is 0 Å². The molecule has 22 heavy (non-hydrogen) atoms. The van der Waals surface area contributed by atoms with Crippen molar-refractivity contribution in [3.8, 4) is 0 Å². The summed E-state index contributed by atoms with van der Waals surface area (Å²) in [6, 6.07) is 4.12. The molecule has 9 heteroatoms. The highest BCUT2D eigenvalue weighted by Gasteiger charge is 2.27. The highest BCUT2D eigenvalue weighted by Crippen LogP contribution is 2.16. The highest BCUT2D eigenvalue weighted by atomic mass is 32.1. The summed E-state index contributed by atoms with van der Waals surface area (Å²) in [6.45, 7) is -0.0316. The number of ether oxygens (including phenoxy) is 1. The zero-order chi connectivity index (χ0) is 16.3. The maximum Gasteiger partial charge on any atom is 0.411 e. The number of carbonyl (C=O) groups is 1. The van der Waals surface area contributed by atoms with Crippen molar-refractivity contribution < 1.29 is 27.1 Å². The average Bonchev–Trinajstić information content (AvgIpc) is 2.75. The molecule has 0 radical (unpaired) electrons. The number of alkyl halides is 3. The number of aromatic nitrogens is 1. The number of amides is 1. The van der Waals surface area contributed by atoms with Crippen molar-refractivity contribution in [3.63, 3.8) is 0 Å². The molecular formula is C13H13F3N2O3S. The highest BCUT2D eigenvalue weighted by molar-refractivity contribution is 7.71. The molecule has 0 aliphatic carbocycles. The molecule has 1 aromatic carbocycles. The van der Waals surface area contributed by atoms with Gasteiger partial charge >= 0.3 is 6.18 Å². The van der Waals surface area contributed by atoms with Crippen LogP contribution in [-0.2, 0) is 4.74 Å². The van der Waals surface area contributed by atoms with E-state index < -0.39 is 24.7 Å². The Morgan fingerprint density at radius 3 is 2.91 bits per heavy atom. The monoisotopic (exact) mass is 334 g/mol. The van der Waals surface area contributed by atoms with Gasteiger partial charge in [-0.1, -0.05) is 0 Å². The van der Waals surface area contributed by atoms with Gasteiger partial charge in [0, 0.05) is 11.6 Å². The molecule has 1 unspecified atom stereocenters. The quantitative estimate of drug-likeness (QED) is 0.824. The number of carbonyl (C=O) groups excluding carboxylic acids is 1. The van der Waals surface area contributed by atoms with E-state index in [4.69, 9.17) is 16.6 Å². The largest absolute Gasteiger partial charge is 0.429 e. The van der Waals surface area contributed by atoms with Crippen LogP contribution in [0.3, 0.4) is 0 Å². The van der Waals surface area contributed by atoms with Gasteiger partial charge in [-0.05, 0) is 37.3 Å². The topological polar surface area (TPSA) is 67.3 Å². The van der Waals surface area contributed by atoms with Crippen molar-refractivity contribution in [2.75, 3.05) is 13.2 Å². The average molecular weight is 334 g/mol. The van der Waals surface area contributed by atoms with Crippen LogP contribution in [0.25, 0.3) is 11.1 Å². The minimum Gasteiger partial charge on any atom is -0.429 e. The van der Waals surface area contributed by atoms with E-state index in [1.165, 1.54) is 6.07 Å². The SMILES string of the molecule is CC(COCC(F)(F)F)NC(=O)c1ccc2[nH]c(=S)oc2c1. The normalized spacial score (nSPS) is 13.3. The van der Waals surface area contributed by atoms with Crippen molar-refractivity contribution in [2.45, 2.75) is 19.1 Å². The zero-order valence-electron chi connectivity index (χ0n) is 11.5. The maximum atomic E-state index is 12.0. The smallest absolute Gasteiger partial charge is 0.411 e. The Morgan fingerprint density at radius 2 is 2.23 bits per heavy atom. The van der Waals surface area contributed by atoms with Gasteiger partial charge in [0.2, 0.25) is 0 Å². The zero-order valence-corrected chi connectivity index (χ0v) is 12.3. The molecule has 5 nitrogen and oxygen atoms in total. The van der Waals surface area contributed by atoms with E-state index in [1.807, 2.05) is 0 Å². The van der Waals surface area contributed by atoms with E-state index in [0.29, 0.717) is 16.7 Å². The second-order valence-electron chi connectivity index (χ2n) is 4.73. The van der Waals surface area contributed by atoms with Crippen molar-refractivity contribution in [1.29, 1.82) is 0 Å². The third-order valence-corrected chi connectivity index (χ3v) is 2.88. The van der Waals surface area contributed by atoms with Crippen LogP contribution in [0.1, 0.15) is 17.3 Å². The second kappa shape index (κ2) is 6.49. The van der Waals surface area contributed by atoms with E-state index in [1.54, 1.807) is 19.1 Å². The minimum atomic E-state index is -4.38. The summed E-state index contributed by atoms with van der Waals surface area (Å²) in [7, 11) is 0. The lowest BCUT2D eigenvalue weighted by Gasteiger charge is -2.15. The maximum absolute atomic E-state index is 12.0. The van der Waals surface area contributed by atoms with Crippen LogP contribution in [0.15, 0.2) is 22.6 Å². The summed E-state index contributed by atoms with van der Waals surface area (Å²) in [5, 5.41) is 2.54. The first-order chi connectivity index (χ1) is 10.2. The van der Waals surface area contributed by atoms with Gasteiger partial charge in [0.15, 0.2) is 5.58 Å². The van der Waals surface area contributed by atoms with E-state index in [2.05, 4.69) is 15.0 Å². The first-order valence-corrected chi connectivity index (χ1v) is 6.73. The minimum absolute atomic E-state index is 0.196. The Kier molecular flexibility index (Phi) is 4.87. The van der Waals surface area contributed by atoms with Gasteiger partial charge in [-0.2, -0.15) is 13.2 Å². The molecule has 0 spiro atoms. The van der Waals surface area contributed by atoms with Crippen molar-refractivity contribution in [3.05, 3.63) is 28.6 Å². The molecular weight excluding hydrogens is 321 g/mol. The van der Waals surface area contributed by atoms with Gasteiger partial charge < -0.3 is 19.5 Å². The van der Waals surface area contributed by atoms with Crippen LogP contribution in [0.4, 0.5) is 13.2 Å². The lowest BCUT2D eigenvalue weighted by molar-refractivity contribution is -0.174. The summed E-state index contributed by atoms with van der Waals surface area (Å²) in [5.41, 5.74) is 1.40. The van der Waals surface area contributed by atoms with Gasteiger partial charge in [-0.3, -0.25) is 4.79 Å². The van der Waals surface area contributed by atoms with Gasteiger partial charge in [-0.25, -0.2) is 0 Å². The Morgan fingerprint density at radius 1 is 1.50 bits per heavy atom. The van der Waals surface area contributed by atoms with Gasteiger partial charge in [0.25, 0.3) is 10.7 Å². The van der Waals surface area contributed by atoms with Crippen LogP contribution < -0.4 is 5.32 Å². The van der Waals surface area contributed by atoms with Crippen LogP contribution in [-0.4, -0.2) is 36.3 Å². The number of rotatable bonds is 5.